The lowest BCUT2D eigenvalue weighted by atomic mass is 10.1. The van der Waals surface area contributed by atoms with Crippen LogP contribution >= 0.6 is 0 Å². The second-order valence-electron chi connectivity index (χ2n) is 4.73. The molecule has 1 heterocycles. The van der Waals surface area contributed by atoms with Crippen LogP contribution in [0.2, 0.25) is 0 Å². The average Bonchev–Trinajstić information content (AvgIpc) is 3.00. The first-order valence-electron chi connectivity index (χ1n) is 7.02. The molecule has 0 radical (unpaired) electrons. The summed E-state index contributed by atoms with van der Waals surface area (Å²) in [5, 5.41) is 13.5. The monoisotopic (exact) mass is 307 g/mol. The Hall–Kier alpha value is -2.51. The van der Waals surface area contributed by atoms with Crippen LogP contribution in [0.15, 0.2) is 24.5 Å². The van der Waals surface area contributed by atoms with Crippen molar-refractivity contribution in [1.29, 1.82) is 0 Å². The average molecular weight is 307 g/mol. The number of ether oxygens (including phenoxy) is 1. The molecule has 0 aliphatic carbocycles. The van der Waals surface area contributed by atoms with E-state index in [4.69, 9.17) is 4.74 Å². The molecule has 1 atom stereocenters. The molecule has 22 heavy (non-hydrogen) atoms. The summed E-state index contributed by atoms with van der Waals surface area (Å²) in [6.07, 6.45) is 1.69. The number of halogens is 1. The quantitative estimate of drug-likeness (QED) is 0.838. The highest BCUT2D eigenvalue weighted by atomic mass is 19.1. The molecule has 2 aromatic rings. The number of nitrogens with zero attached hydrogens (tertiary/aromatic N) is 4. The lowest BCUT2D eigenvalue weighted by Crippen LogP contribution is -2.27. The van der Waals surface area contributed by atoms with Crippen molar-refractivity contribution in [3.05, 3.63) is 35.9 Å². The van der Waals surface area contributed by atoms with Gasteiger partial charge in [-0.3, -0.25) is 4.79 Å². The maximum atomic E-state index is 13.8. The van der Waals surface area contributed by atoms with Gasteiger partial charge in [-0.2, -0.15) is 0 Å². The molecule has 118 valence electrons. The number of nitrogens with one attached hydrogen (secondary N) is 1. The fraction of sp³-hybridized carbons (Fsp3) is 0.429. The Bertz CT molecular complexity index is 618. The molecule has 0 unspecified atom stereocenters. The van der Waals surface area contributed by atoms with E-state index in [0.29, 0.717) is 18.7 Å². The maximum Gasteiger partial charge on any atom is 0.222 e. The molecule has 0 spiro atoms. The van der Waals surface area contributed by atoms with Gasteiger partial charge in [-0.25, -0.2) is 9.07 Å². The molecular weight excluding hydrogens is 289 g/mol. The van der Waals surface area contributed by atoms with E-state index in [2.05, 4.69) is 20.8 Å². The van der Waals surface area contributed by atoms with Gasteiger partial charge in [0.25, 0.3) is 0 Å². The molecule has 8 heteroatoms. The molecule has 0 fully saturated rings. The molecule has 2 rings (SSSR count). The third kappa shape index (κ3) is 4.24. The van der Waals surface area contributed by atoms with E-state index in [1.165, 1.54) is 17.1 Å². The highest BCUT2D eigenvalue weighted by Gasteiger charge is 2.12. The van der Waals surface area contributed by atoms with Crippen LogP contribution in [0.5, 0.6) is 5.75 Å². The van der Waals surface area contributed by atoms with Gasteiger partial charge in [0.2, 0.25) is 5.91 Å². The number of aryl methyl sites for hydroxylation is 1. The topological polar surface area (TPSA) is 81.9 Å². The van der Waals surface area contributed by atoms with Crippen LogP contribution in [0.1, 0.15) is 31.9 Å². The Morgan fingerprint density at radius 1 is 1.50 bits per heavy atom. The second-order valence-corrected chi connectivity index (χ2v) is 4.73. The van der Waals surface area contributed by atoms with E-state index >= 15 is 0 Å². The summed E-state index contributed by atoms with van der Waals surface area (Å²) in [5.74, 6) is -0.380. The smallest absolute Gasteiger partial charge is 0.222 e. The first-order valence-corrected chi connectivity index (χ1v) is 7.02. The lowest BCUT2D eigenvalue weighted by molar-refractivity contribution is -0.122. The number of carbonyl (C=O) groups excluding carboxylic acids is 1. The van der Waals surface area contributed by atoms with Gasteiger partial charge in [-0.05, 0) is 42.0 Å². The van der Waals surface area contributed by atoms with E-state index in [0.717, 1.165) is 0 Å². The van der Waals surface area contributed by atoms with Crippen molar-refractivity contribution in [2.75, 3.05) is 6.61 Å². The largest absolute Gasteiger partial charge is 0.491 e. The summed E-state index contributed by atoms with van der Waals surface area (Å²) in [6.45, 7) is 4.38. The third-order valence-electron chi connectivity index (χ3n) is 3.09. The minimum atomic E-state index is -0.436. The number of aromatic nitrogens is 4. The number of hydrogen-bond acceptors (Lipinski definition) is 5. The van der Waals surface area contributed by atoms with Crippen molar-refractivity contribution in [2.24, 2.45) is 0 Å². The van der Waals surface area contributed by atoms with E-state index in [-0.39, 0.29) is 24.1 Å². The third-order valence-corrected chi connectivity index (χ3v) is 3.09. The molecule has 1 aromatic carbocycles. The van der Waals surface area contributed by atoms with E-state index in [1.807, 2.05) is 0 Å². The maximum absolute atomic E-state index is 13.8. The van der Waals surface area contributed by atoms with Crippen molar-refractivity contribution >= 4 is 5.91 Å². The standard InChI is InChI=1S/C14H18FN5O2/c1-3-22-13-5-4-11(8-12(13)15)10(2)17-14(21)6-7-20-9-16-18-19-20/h4-5,8-10H,3,6-7H2,1-2H3,(H,17,21)/t10-/m0/s1. The summed E-state index contributed by atoms with van der Waals surface area (Å²) < 4.78 is 20.4. The molecule has 7 nitrogen and oxygen atoms in total. The molecule has 0 aliphatic rings. The zero-order valence-electron chi connectivity index (χ0n) is 12.5. The van der Waals surface area contributed by atoms with Gasteiger partial charge >= 0.3 is 0 Å². The van der Waals surface area contributed by atoms with Crippen LogP contribution < -0.4 is 10.1 Å². The summed E-state index contributed by atoms with van der Waals surface area (Å²) in [4.78, 5) is 11.9. The number of amides is 1. The molecular formula is C14H18FN5O2. The molecule has 0 saturated heterocycles. The van der Waals surface area contributed by atoms with Crippen molar-refractivity contribution in [1.82, 2.24) is 25.5 Å². The van der Waals surface area contributed by atoms with Gasteiger partial charge in [-0.15, -0.1) is 5.10 Å². The summed E-state index contributed by atoms with van der Waals surface area (Å²) in [7, 11) is 0. The summed E-state index contributed by atoms with van der Waals surface area (Å²) in [6, 6.07) is 4.38. The number of tetrazole rings is 1. The van der Waals surface area contributed by atoms with Gasteiger partial charge in [0.1, 0.15) is 6.33 Å². The van der Waals surface area contributed by atoms with Crippen LogP contribution in [0, 0.1) is 5.82 Å². The van der Waals surface area contributed by atoms with Crippen molar-refractivity contribution in [3.8, 4) is 5.75 Å². The van der Waals surface area contributed by atoms with Gasteiger partial charge in [0.15, 0.2) is 11.6 Å². The van der Waals surface area contributed by atoms with Crippen LogP contribution in [0.25, 0.3) is 0 Å². The SMILES string of the molecule is CCOc1ccc([C@H](C)NC(=O)CCn2cnnn2)cc1F. The Balaban J connectivity index is 1.89. The molecule has 0 bridgehead atoms. The zero-order chi connectivity index (χ0) is 15.9. The van der Waals surface area contributed by atoms with Crippen molar-refractivity contribution in [2.45, 2.75) is 32.9 Å². The fourth-order valence-corrected chi connectivity index (χ4v) is 1.95. The highest BCUT2D eigenvalue weighted by Crippen LogP contribution is 2.22. The predicted octanol–water partition coefficient (Wildman–Crippen LogP) is 1.48. The Kier molecular flexibility index (Phi) is 5.40. The van der Waals surface area contributed by atoms with E-state index in [1.54, 1.807) is 26.0 Å². The van der Waals surface area contributed by atoms with Gasteiger partial charge in [0, 0.05) is 6.42 Å². The van der Waals surface area contributed by atoms with Crippen LogP contribution in [0.4, 0.5) is 4.39 Å². The van der Waals surface area contributed by atoms with E-state index in [9.17, 15) is 9.18 Å². The Morgan fingerprint density at radius 3 is 2.95 bits per heavy atom. The molecule has 0 saturated carbocycles. The summed E-state index contributed by atoms with van der Waals surface area (Å²) >= 11 is 0. The van der Waals surface area contributed by atoms with Crippen molar-refractivity contribution < 1.29 is 13.9 Å². The first kappa shape index (κ1) is 15.9. The molecule has 1 amide bonds. The Labute approximate surface area is 127 Å². The molecule has 1 N–H and O–H groups in total. The van der Waals surface area contributed by atoms with Gasteiger partial charge in [-0.1, -0.05) is 6.07 Å². The fourth-order valence-electron chi connectivity index (χ4n) is 1.95. The van der Waals surface area contributed by atoms with Crippen molar-refractivity contribution in [3.63, 3.8) is 0 Å². The highest BCUT2D eigenvalue weighted by molar-refractivity contribution is 5.76. The molecule has 1 aromatic heterocycles. The van der Waals surface area contributed by atoms with Crippen LogP contribution in [-0.2, 0) is 11.3 Å². The van der Waals surface area contributed by atoms with Gasteiger partial charge in [0.05, 0.1) is 19.2 Å². The Morgan fingerprint density at radius 2 is 2.32 bits per heavy atom. The normalized spacial score (nSPS) is 12.0. The number of hydrogen-bond donors (Lipinski definition) is 1. The molecule has 0 aliphatic heterocycles. The predicted molar refractivity (Wildman–Crippen MR) is 76.6 cm³/mol. The minimum absolute atomic E-state index is 0.155. The second kappa shape index (κ2) is 7.48. The summed E-state index contributed by atoms with van der Waals surface area (Å²) in [5.41, 5.74) is 0.678. The number of benzene rings is 1. The zero-order valence-corrected chi connectivity index (χ0v) is 12.5. The van der Waals surface area contributed by atoms with Crippen LogP contribution in [0.3, 0.4) is 0 Å². The van der Waals surface area contributed by atoms with Crippen LogP contribution in [-0.4, -0.2) is 32.7 Å². The minimum Gasteiger partial charge on any atom is -0.491 e. The number of carbonyl (C=O) groups is 1. The first-order chi connectivity index (χ1) is 10.6. The lowest BCUT2D eigenvalue weighted by Gasteiger charge is -2.15. The number of rotatable bonds is 7. The van der Waals surface area contributed by atoms with E-state index < -0.39 is 5.82 Å². The van der Waals surface area contributed by atoms with Gasteiger partial charge < -0.3 is 10.1 Å².